The average molecular weight is 309 g/mol. The molecule has 0 radical (unpaired) electrons. The molecule has 1 saturated carbocycles. The second kappa shape index (κ2) is 6.24. The number of esters is 1. The molecule has 1 aliphatic carbocycles. The standard InChI is InChI=1S/C19H19NO3/c1-2-23-19(22)17-11-16(17)18(21)14-5-3-12(4-6-14)13-7-9-15(20)10-8-13/h3-10,16-17H,2,11,20H2,1H3/t16-,17-/m0/s1. The van der Waals surface area contributed by atoms with E-state index in [1.165, 1.54) is 0 Å². The number of rotatable bonds is 5. The number of ether oxygens (including phenoxy) is 1. The highest BCUT2D eigenvalue weighted by Gasteiger charge is 2.49. The van der Waals surface area contributed by atoms with Crippen LogP contribution in [0, 0.1) is 11.8 Å². The Bertz CT molecular complexity index is 719. The van der Waals surface area contributed by atoms with E-state index in [2.05, 4.69) is 0 Å². The van der Waals surface area contributed by atoms with Crippen LogP contribution in [-0.2, 0) is 9.53 Å². The first-order valence-electron chi connectivity index (χ1n) is 7.77. The van der Waals surface area contributed by atoms with Crippen LogP contribution in [0.4, 0.5) is 5.69 Å². The summed E-state index contributed by atoms with van der Waals surface area (Å²) in [5.74, 6) is -0.730. The van der Waals surface area contributed by atoms with E-state index in [0.29, 0.717) is 18.6 Å². The van der Waals surface area contributed by atoms with E-state index in [-0.39, 0.29) is 23.6 Å². The monoisotopic (exact) mass is 309 g/mol. The molecule has 0 spiro atoms. The molecular weight excluding hydrogens is 290 g/mol. The molecule has 1 fully saturated rings. The number of ketones is 1. The van der Waals surface area contributed by atoms with Crippen molar-refractivity contribution in [3.8, 4) is 11.1 Å². The zero-order valence-corrected chi connectivity index (χ0v) is 13.0. The van der Waals surface area contributed by atoms with Crippen molar-refractivity contribution in [2.75, 3.05) is 12.3 Å². The number of nitrogens with two attached hydrogens (primary N) is 1. The maximum atomic E-state index is 12.4. The van der Waals surface area contributed by atoms with E-state index in [9.17, 15) is 9.59 Å². The molecule has 118 valence electrons. The van der Waals surface area contributed by atoms with Crippen LogP contribution in [0.25, 0.3) is 11.1 Å². The minimum atomic E-state index is -0.265. The first-order chi connectivity index (χ1) is 11.1. The van der Waals surface area contributed by atoms with E-state index in [0.717, 1.165) is 16.8 Å². The Morgan fingerprint density at radius 3 is 2.13 bits per heavy atom. The van der Waals surface area contributed by atoms with Crippen molar-refractivity contribution < 1.29 is 14.3 Å². The van der Waals surface area contributed by atoms with E-state index < -0.39 is 0 Å². The van der Waals surface area contributed by atoms with Crippen LogP contribution < -0.4 is 5.73 Å². The van der Waals surface area contributed by atoms with Gasteiger partial charge in [0, 0.05) is 17.2 Å². The third-order valence-electron chi connectivity index (χ3n) is 4.13. The van der Waals surface area contributed by atoms with Crippen molar-refractivity contribution in [2.24, 2.45) is 11.8 Å². The van der Waals surface area contributed by atoms with Crippen LogP contribution in [-0.4, -0.2) is 18.4 Å². The Balaban J connectivity index is 1.69. The maximum absolute atomic E-state index is 12.4. The van der Waals surface area contributed by atoms with Gasteiger partial charge >= 0.3 is 5.97 Å². The van der Waals surface area contributed by atoms with Gasteiger partial charge in [-0.1, -0.05) is 36.4 Å². The van der Waals surface area contributed by atoms with Gasteiger partial charge in [-0.15, -0.1) is 0 Å². The molecule has 2 N–H and O–H groups in total. The first kappa shape index (κ1) is 15.3. The molecule has 3 rings (SSSR count). The van der Waals surface area contributed by atoms with E-state index in [1.54, 1.807) is 6.92 Å². The second-order valence-corrected chi connectivity index (χ2v) is 5.76. The third-order valence-corrected chi connectivity index (χ3v) is 4.13. The van der Waals surface area contributed by atoms with E-state index >= 15 is 0 Å². The van der Waals surface area contributed by atoms with Gasteiger partial charge in [0.05, 0.1) is 12.5 Å². The fourth-order valence-electron chi connectivity index (χ4n) is 2.71. The number of nitrogen functional groups attached to an aromatic ring is 1. The Hall–Kier alpha value is -2.62. The Kier molecular flexibility index (Phi) is 4.15. The summed E-state index contributed by atoms with van der Waals surface area (Å²) in [5, 5.41) is 0. The largest absolute Gasteiger partial charge is 0.466 e. The molecule has 2 aromatic carbocycles. The average Bonchev–Trinajstić information content (AvgIpc) is 3.36. The first-order valence-corrected chi connectivity index (χ1v) is 7.77. The summed E-state index contributed by atoms with van der Waals surface area (Å²) in [6.07, 6.45) is 0.595. The predicted octanol–water partition coefficient (Wildman–Crippen LogP) is 3.32. The van der Waals surface area contributed by atoms with Crippen molar-refractivity contribution in [2.45, 2.75) is 13.3 Å². The zero-order valence-electron chi connectivity index (χ0n) is 13.0. The highest BCUT2D eigenvalue weighted by atomic mass is 16.5. The third kappa shape index (κ3) is 3.26. The topological polar surface area (TPSA) is 69.4 Å². The summed E-state index contributed by atoms with van der Waals surface area (Å²) in [5.41, 5.74) is 9.12. The Labute approximate surface area is 135 Å². The minimum absolute atomic E-state index is 0.0203. The van der Waals surface area contributed by atoms with E-state index in [1.807, 2.05) is 48.5 Å². The predicted molar refractivity (Wildman–Crippen MR) is 88.9 cm³/mol. The Morgan fingerprint density at radius 1 is 1.00 bits per heavy atom. The van der Waals surface area contributed by atoms with Crippen LogP contribution in [0.3, 0.4) is 0 Å². The van der Waals surface area contributed by atoms with Gasteiger partial charge in [0.25, 0.3) is 0 Å². The molecule has 0 saturated heterocycles. The molecule has 23 heavy (non-hydrogen) atoms. The summed E-state index contributed by atoms with van der Waals surface area (Å²) < 4.78 is 4.97. The quantitative estimate of drug-likeness (QED) is 0.522. The zero-order chi connectivity index (χ0) is 16.4. The fourth-order valence-corrected chi connectivity index (χ4v) is 2.71. The van der Waals surface area contributed by atoms with Gasteiger partial charge < -0.3 is 10.5 Å². The highest BCUT2D eigenvalue weighted by molar-refractivity contribution is 6.03. The SMILES string of the molecule is CCOC(=O)[C@H]1C[C@@H]1C(=O)c1ccc(-c2ccc(N)cc2)cc1. The van der Waals surface area contributed by atoms with Crippen LogP contribution in [0.1, 0.15) is 23.7 Å². The molecule has 4 nitrogen and oxygen atoms in total. The smallest absolute Gasteiger partial charge is 0.309 e. The van der Waals surface area contributed by atoms with Crippen LogP contribution in [0.2, 0.25) is 0 Å². The van der Waals surface area contributed by atoms with E-state index in [4.69, 9.17) is 10.5 Å². The molecule has 2 atom stereocenters. The van der Waals surface area contributed by atoms with Crippen molar-refractivity contribution in [1.29, 1.82) is 0 Å². The normalized spacial score (nSPS) is 19.2. The number of anilines is 1. The lowest BCUT2D eigenvalue weighted by atomic mass is 10.0. The number of hydrogen-bond donors (Lipinski definition) is 1. The van der Waals surface area contributed by atoms with Crippen LogP contribution in [0.5, 0.6) is 0 Å². The fraction of sp³-hybridized carbons (Fsp3) is 0.263. The number of carbonyl (C=O) groups excluding carboxylic acids is 2. The van der Waals surface area contributed by atoms with Crippen molar-refractivity contribution >= 4 is 17.4 Å². The summed E-state index contributed by atoms with van der Waals surface area (Å²) in [7, 11) is 0. The van der Waals surface area contributed by atoms with Gasteiger partial charge in [-0.2, -0.15) is 0 Å². The molecule has 2 aromatic rings. The molecular formula is C19H19NO3. The van der Waals surface area contributed by atoms with Crippen molar-refractivity contribution in [3.05, 3.63) is 54.1 Å². The highest BCUT2D eigenvalue weighted by Crippen LogP contribution is 2.42. The summed E-state index contributed by atoms with van der Waals surface area (Å²) in [4.78, 5) is 24.0. The maximum Gasteiger partial charge on any atom is 0.309 e. The second-order valence-electron chi connectivity index (χ2n) is 5.76. The molecule has 4 heteroatoms. The van der Waals surface area contributed by atoms with Crippen LogP contribution in [0.15, 0.2) is 48.5 Å². The number of hydrogen-bond acceptors (Lipinski definition) is 4. The van der Waals surface area contributed by atoms with Gasteiger partial charge in [0.1, 0.15) is 0 Å². The van der Waals surface area contributed by atoms with Crippen molar-refractivity contribution in [3.63, 3.8) is 0 Å². The van der Waals surface area contributed by atoms with Crippen LogP contribution >= 0.6 is 0 Å². The van der Waals surface area contributed by atoms with Gasteiger partial charge in [-0.05, 0) is 36.6 Å². The lowest BCUT2D eigenvalue weighted by Gasteiger charge is -2.05. The molecule has 1 aliphatic rings. The molecule has 0 unspecified atom stereocenters. The summed E-state index contributed by atoms with van der Waals surface area (Å²) in [6.45, 7) is 2.12. The molecule has 0 bridgehead atoms. The van der Waals surface area contributed by atoms with Gasteiger partial charge in [0.15, 0.2) is 5.78 Å². The lowest BCUT2D eigenvalue weighted by Crippen LogP contribution is -2.11. The minimum Gasteiger partial charge on any atom is -0.466 e. The van der Waals surface area contributed by atoms with Crippen molar-refractivity contribution in [1.82, 2.24) is 0 Å². The number of benzene rings is 2. The summed E-state index contributed by atoms with van der Waals surface area (Å²) >= 11 is 0. The van der Waals surface area contributed by atoms with Gasteiger partial charge in [0.2, 0.25) is 0 Å². The van der Waals surface area contributed by atoms with Gasteiger partial charge in [-0.25, -0.2) is 0 Å². The molecule has 0 heterocycles. The number of carbonyl (C=O) groups is 2. The molecule has 0 amide bonds. The summed E-state index contributed by atoms with van der Waals surface area (Å²) in [6, 6.07) is 15.1. The lowest BCUT2D eigenvalue weighted by molar-refractivity contribution is -0.144. The Morgan fingerprint density at radius 2 is 1.57 bits per heavy atom. The molecule has 0 aliphatic heterocycles. The molecule has 0 aromatic heterocycles. The van der Waals surface area contributed by atoms with Gasteiger partial charge in [-0.3, -0.25) is 9.59 Å². The number of Topliss-reactive ketones (excluding diaryl/α,β-unsaturated/α-hetero) is 1.